The van der Waals surface area contributed by atoms with Crippen molar-refractivity contribution in [2.45, 2.75) is 71.4 Å². The second-order valence-electron chi connectivity index (χ2n) is 5.65. The zero-order chi connectivity index (χ0) is 15.6. The molecule has 0 spiro atoms. The van der Waals surface area contributed by atoms with Crippen LogP contribution < -0.4 is 5.32 Å². The van der Waals surface area contributed by atoms with E-state index < -0.39 is 5.54 Å². The van der Waals surface area contributed by atoms with Gasteiger partial charge in [0.05, 0.1) is 6.61 Å². The lowest BCUT2D eigenvalue weighted by molar-refractivity contribution is -0.151. The van der Waals surface area contributed by atoms with Gasteiger partial charge in [-0.25, -0.2) is 0 Å². The molecule has 0 saturated heterocycles. The van der Waals surface area contributed by atoms with Gasteiger partial charge in [-0.2, -0.15) is 0 Å². The fourth-order valence-corrected chi connectivity index (χ4v) is 2.98. The van der Waals surface area contributed by atoms with Crippen molar-refractivity contribution in [1.29, 1.82) is 0 Å². The number of carbonyl (C=O) groups excluding carboxylic acids is 1. The minimum atomic E-state index is -0.577. The van der Waals surface area contributed by atoms with Crippen molar-refractivity contribution in [1.82, 2.24) is 5.32 Å². The van der Waals surface area contributed by atoms with Crippen LogP contribution in [0.5, 0.6) is 0 Å². The molecule has 21 heavy (non-hydrogen) atoms. The van der Waals surface area contributed by atoms with E-state index in [-0.39, 0.29) is 5.97 Å². The number of unbranched alkanes of at least 4 members (excludes halogenated alkanes) is 4. The van der Waals surface area contributed by atoms with Gasteiger partial charge in [0, 0.05) is 11.4 Å². The molecule has 0 fully saturated rings. The number of rotatable bonds is 11. The molecule has 1 unspecified atom stereocenters. The highest BCUT2D eigenvalue weighted by Gasteiger charge is 2.33. The third-order valence-corrected chi connectivity index (χ3v) is 4.62. The van der Waals surface area contributed by atoms with E-state index in [9.17, 15) is 4.79 Å². The Labute approximate surface area is 133 Å². The SMILES string of the molecule is CCCCCCCC(C)(NCc1cccs1)C(=O)OCC. The molecule has 120 valence electrons. The molecule has 1 heterocycles. The number of hydrogen-bond donors (Lipinski definition) is 1. The molecule has 4 heteroatoms. The summed E-state index contributed by atoms with van der Waals surface area (Å²) in [6, 6.07) is 4.12. The Morgan fingerprint density at radius 3 is 2.67 bits per heavy atom. The lowest BCUT2D eigenvalue weighted by Gasteiger charge is -2.28. The summed E-state index contributed by atoms with van der Waals surface area (Å²) < 4.78 is 5.26. The van der Waals surface area contributed by atoms with Crippen LogP contribution in [0.1, 0.15) is 64.2 Å². The molecule has 0 aliphatic heterocycles. The molecular weight excluding hydrogens is 282 g/mol. The monoisotopic (exact) mass is 311 g/mol. The van der Waals surface area contributed by atoms with Crippen LogP contribution in [-0.4, -0.2) is 18.1 Å². The Balaban J connectivity index is 2.50. The molecule has 1 atom stereocenters. The van der Waals surface area contributed by atoms with Crippen molar-refractivity contribution in [3.8, 4) is 0 Å². The van der Waals surface area contributed by atoms with E-state index in [0.29, 0.717) is 6.61 Å². The molecule has 0 aliphatic carbocycles. The largest absolute Gasteiger partial charge is 0.465 e. The van der Waals surface area contributed by atoms with E-state index in [4.69, 9.17) is 4.74 Å². The van der Waals surface area contributed by atoms with Crippen molar-refractivity contribution in [2.24, 2.45) is 0 Å². The lowest BCUT2D eigenvalue weighted by atomic mass is 9.93. The minimum Gasteiger partial charge on any atom is -0.465 e. The summed E-state index contributed by atoms with van der Waals surface area (Å²) >= 11 is 1.71. The van der Waals surface area contributed by atoms with Crippen LogP contribution in [0.15, 0.2) is 17.5 Å². The summed E-state index contributed by atoms with van der Waals surface area (Å²) in [6.45, 7) is 7.20. The summed E-state index contributed by atoms with van der Waals surface area (Å²) in [7, 11) is 0. The summed E-state index contributed by atoms with van der Waals surface area (Å²) in [5.41, 5.74) is -0.577. The molecule has 1 aromatic heterocycles. The molecule has 3 nitrogen and oxygen atoms in total. The van der Waals surface area contributed by atoms with E-state index >= 15 is 0 Å². The fraction of sp³-hybridized carbons (Fsp3) is 0.706. The minimum absolute atomic E-state index is 0.128. The van der Waals surface area contributed by atoms with Crippen LogP contribution in [0.25, 0.3) is 0 Å². The average molecular weight is 311 g/mol. The predicted octanol–water partition coefficient (Wildman–Crippen LogP) is 4.52. The van der Waals surface area contributed by atoms with E-state index in [1.165, 1.54) is 30.6 Å². The first-order valence-corrected chi connectivity index (χ1v) is 8.95. The van der Waals surface area contributed by atoms with E-state index in [1.807, 2.05) is 19.9 Å². The molecule has 0 saturated carbocycles. The van der Waals surface area contributed by atoms with Gasteiger partial charge in [0.2, 0.25) is 0 Å². The van der Waals surface area contributed by atoms with Gasteiger partial charge < -0.3 is 4.74 Å². The predicted molar refractivity (Wildman–Crippen MR) is 89.6 cm³/mol. The first kappa shape index (κ1) is 18.2. The number of carbonyl (C=O) groups is 1. The Hall–Kier alpha value is -0.870. The van der Waals surface area contributed by atoms with Gasteiger partial charge in [0.1, 0.15) is 5.54 Å². The van der Waals surface area contributed by atoms with Gasteiger partial charge >= 0.3 is 5.97 Å². The van der Waals surface area contributed by atoms with Crippen LogP contribution in [0, 0.1) is 0 Å². The molecule has 1 rings (SSSR count). The highest BCUT2D eigenvalue weighted by Crippen LogP contribution is 2.19. The van der Waals surface area contributed by atoms with Gasteiger partial charge in [-0.1, -0.05) is 45.1 Å². The van der Waals surface area contributed by atoms with Gasteiger partial charge in [-0.05, 0) is 31.7 Å². The molecule has 1 aromatic rings. The quantitative estimate of drug-likeness (QED) is 0.482. The first-order chi connectivity index (χ1) is 10.1. The third kappa shape index (κ3) is 6.62. The molecule has 0 bridgehead atoms. The molecule has 0 aliphatic rings. The van der Waals surface area contributed by atoms with Gasteiger partial charge in [0.15, 0.2) is 0 Å². The molecule has 0 amide bonds. The van der Waals surface area contributed by atoms with Crippen molar-refractivity contribution in [3.05, 3.63) is 22.4 Å². The van der Waals surface area contributed by atoms with Gasteiger partial charge in [-0.3, -0.25) is 10.1 Å². The van der Waals surface area contributed by atoms with Crippen LogP contribution in [0.3, 0.4) is 0 Å². The maximum Gasteiger partial charge on any atom is 0.326 e. The number of nitrogens with one attached hydrogen (secondary N) is 1. The topological polar surface area (TPSA) is 38.3 Å². The van der Waals surface area contributed by atoms with Crippen LogP contribution in [0.2, 0.25) is 0 Å². The zero-order valence-electron chi connectivity index (χ0n) is 13.6. The highest BCUT2D eigenvalue weighted by molar-refractivity contribution is 7.09. The Bertz CT molecular complexity index is 392. The smallest absolute Gasteiger partial charge is 0.326 e. The van der Waals surface area contributed by atoms with E-state index in [2.05, 4.69) is 23.7 Å². The lowest BCUT2D eigenvalue weighted by Crippen LogP contribution is -2.50. The summed E-state index contributed by atoms with van der Waals surface area (Å²) in [4.78, 5) is 13.5. The molecule has 0 aromatic carbocycles. The van der Waals surface area contributed by atoms with E-state index in [1.54, 1.807) is 11.3 Å². The van der Waals surface area contributed by atoms with Gasteiger partial charge in [-0.15, -0.1) is 11.3 Å². The van der Waals surface area contributed by atoms with Crippen molar-refractivity contribution in [2.75, 3.05) is 6.61 Å². The first-order valence-electron chi connectivity index (χ1n) is 8.07. The van der Waals surface area contributed by atoms with Crippen LogP contribution >= 0.6 is 11.3 Å². The number of ether oxygens (including phenoxy) is 1. The van der Waals surface area contributed by atoms with Crippen molar-refractivity contribution < 1.29 is 9.53 Å². The summed E-state index contributed by atoms with van der Waals surface area (Å²) in [5.74, 6) is -0.128. The Morgan fingerprint density at radius 2 is 2.05 bits per heavy atom. The molecular formula is C17H29NO2S. The Morgan fingerprint density at radius 1 is 1.29 bits per heavy atom. The van der Waals surface area contributed by atoms with Crippen molar-refractivity contribution >= 4 is 17.3 Å². The van der Waals surface area contributed by atoms with Crippen molar-refractivity contribution in [3.63, 3.8) is 0 Å². The number of hydrogen-bond acceptors (Lipinski definition) is 4. The number of thiophene rings is 1. The van der Waals surface area contributed by atoms with Crippen LogP contribution in [-0.2, 0) is 16.1 Å². The number of esters is 1. The zero-order valence-corrected chi connectivity index (χ0v) is 14.4. The second kappa shape index (κ2) is 9.96. The molecule has 0 radical (unpaired) electrons. The van der Waals surface area contributed by atoms with E-state index in [0.717, 1.165) is 19.4 Å². The fourth-order valence-electron chi connectivity index (χ4n) is 2.33. The normalized spacial score (nSPS) is 13.9. The summed E-state index contributed by atoms with van der Waals surface area (Å²) in [5, 5.41) is 5.47. The summed E-state index contributed by atoms with van der Waals surface area (Å²) in [6.07, 6.45) is 6.85. The third-order valence-electron chi connectivity index (χ3n) is 3.74. The highest BCUT2D eigenvalue weighted by atomic mass is 32.1. The Kier molecular flexibility index (Phi) is 8.62. The van der Waals surface area contributed by atoms with Crippen LogP contribution in [0.4, 0.5) is 0 Å². The maximum atomic E-state index is 12.3. The van der Waals surface area contributed by atoms with Gasteiger partial charge in [0.25, 0.3) is 0 Å². The standard InChI is InChI=1S/C17H29NO2S/c1-4-6-7-8-9-12-17(3,16(19)20-5-2)18-14-15-11-10-13-21-15/h10-11,13,18H,4-9,12,14H2,1-3H3. The molecule has 1 N–H and O–H groups in total. The second-order valence-corrected chi connectivity index (χ2v) is 6.68. The maximum absolute atomic E-state index is 12.3. The average Bonchev–Trinajstić information content (AvgIpc) is 2.98.